The van der Waals surface area contributed by atoms with Crippen molar-refractivity contribution >= 4 is 11.5 Å². The summed E-state index contributed by atoms with van der Waals surface area (Å²) in [5.41, 5.74) is 4.37. The second-order valence-electron chi connectivity index (χ2n) is 10.7. The van der Waals surface area contributed by atoms with E-state index < -0.39 is 11.7 Å². The molecule has 0 bridgehead atoms. The molecule has 204 valence electrons. The summed E-state index contributed by atoms with van der Waals surface area (Å²) in [7, 11) is 2.15. The number of rotatable bonds is 6. The molecule has 1 aliphatic heterocycles. The number of piperazine rings is 1. The molecule has 6 rings (SSSR count). The second-order valence-corrected chi connectivity index (χ2v) is 10.7. The van der Waals surface area contributed by atoms with Crippen LogP contribution in [0.4, 0.5) is 19.0 Å². The molecule has 0 amide bonds. The molecule has 0 unspecified atom stereocenters. The van der Waals surface area contributed by atoms with E-state index in [1.165, 1.54) is 17.7 Å². The van der Waals surface area contributed by atoms with Gasteiger partial charge in [-0.05, 0) is 67.8 Å². The molecule has 0 spiro atoms. The zero-order chi connectivity index (χ0) is 27.0. The zero-order valence-corrected chi connectivity index (χ0v) is 22.1. The molecule has 1 aliphatic carbocycles. The summed E-state index contributed by atoms with van der Waals surface area (Å²) in [4.78, 5) is 16.8. The third-order valence-electron chi connectivity index (χ3n) is 7.99. The van der Waals surface area contributed by atoms with Gasteiger partial charge in [0.05, 0.1) is 23.0 Å². The number of imidazole rings is 1. The molecule has 4 aromatic rings. The summed E-state index contributed by atoms with van der Waals surface area (Å²) in [5.74, 6) is 1.14. The highest BCUT2D eigenvalue weighted by Crippen LogP contribution is 2.35. The first-order valence-corrected chi connectivity index (χ1v) is 13.6. The lowest BCUT2D eigenvalue weighted by atomic mass is 9.90. The molecule has 0 radical (unpaired) electrons. The van der Waals surface area contributed by atoms with Crippen LogP contribution < -0.4 is 4.90 Å². The highest BCUT2D eigenvalue weighted by molar-refractivity contribution is 5.53. The number of fused-ring (bicyclic) bond motifs is 2. The van der Waals surface area contributed by atoms with Gasteiger partial charge < -0.3 is 9.80 Å². The van der Waals surface area contributed by atoms with Crippen LogP contribution in [0.15, 0.2) is 67.0 Å². The Morgan fingerprint density at radius 3 is 2.51 bits per heavy atom. The Balaban J connectivity index is 1.32. The molecule has 0 saturated carbocycles. The number of pyridine rings is 2. The normalized spacial score (nSPS) is 18.6. The van der Waals surface area contributed by atoms with E-state index in [0.717, 1.165) is 73.9 Å². The van der Waals surface area contributed by atoms with Crippen molar-refractivity contribution in [2.24, 2.45) is 0 Å². The Kier molecular flexibility index (Phi) is 7.03. The van der Waals surface area contributed by atoms with Gasteiger partial charge >= 0.3 is 6.18 Å². The minimum Gasteiger partial charge on any atom is -0.355 e. The van der Waals surface area contributed by atoms with Crippen LogP contribution in [0, 0.1) is 0 Å². The molecule has 1 fully saturated rings. The number of likely N-dealkylation sites (N-methyl/N-ethyl adjacent to an activating group) is 1. The molecular weight excluding hydrogens is 501 g/mol. The number of aromatic nitrogens is 3. The quantitative estimate of drug-likeness (QED) is 0.323. The van der Waals surface area contributed by atoms with Crippen molar-refractivity contribution in [2.45, 2.75) is 44.6 Å². The topological polar surface area (TPSA) is 39.9 Å². The molecule has 1 aromatic carbocycles. The summed E-state index contributed by atoms with van der Waals surface area (Å²) >= 11 is 0. The fourth-order valence-corrected chi connectivity index (χ4v) is 5.87. The van der Waals surface area contributed by atoms with E-state index in [4.69, 9.17) is 9.97 Å². The van der Waals surface area contributed by atoms with Gasteiger partial charge in [-0.25, -0.2) is 4.98 Å². The Morgan fingerprint density at radius 2 is 1.74 bits per heavy atom. The molecular formula is C30H33F3N6. The molecule has 4 heterocycles. The maximum Gasteiger partial charge on any atom is 0.416 e. The first-order chi connectivity index (χ1) is 18.8. The smallest absolute Gasteiger partial charge is 0.355 e. The molecule has 2 aliphatic rings. The van der Waals surface area contributed by atoms with Crippen LogP contribution in [0.1, 0.15) is 47.0 Å². The number of halogens is 3. The number of hydrogen-bond donors (Lipinski definition) is 0. The van der Waals surface area contributed by atoms with Gasteiger partial charge in [0.1, 0.15) is 11.5 Å². The Labute approximate surface area is 226 Å². The molecule has 39 heavy (non-hydrogen) atoms. The van der Waals surface area contributed by atoms with Gasteiger partial charge in [-0.3, -0.25) is 14.3 Å². The number of hydrogen-bond acceptors (Lipinski definition) is 5. The predicted octanol–water partition coefficient (Wildman–Crippen LogP) is 5.58. The maximum absolute atomic E-state index is 13.2. The van der Waals surface area contributed by atoms with Gasteiger partial charge in [0.2, 0.25) is 0 Å². The Morgan fingerprint density at radius 1 is 0.949 bits per heavy atom. The van der Waals surface area contributed by atoms with Crippen LogP contribution in [0.5, 0.6) is 0 Å². The van der Waals surface area contributed by atoms with Crippen LogP contribution in [0.3, 0.4) is 0 Å². The fraction of sp³-hybridized carbons (Fsp3) is 0.400. The van der Waals surface area contributed by atoms with Crippen molar-refractivity contribution < 1.29 is 13.2 Å². The molecule has 6 nitrogen and oxygen atoms in total. The van der Waals surface area contributed by atoms with E-state index in [2.05, 4.69) is 50.5 Å². The van der Waals surface area contributed by atoms with Gasteiger partial charge in [-0.1, -0.05) is 24.3 Å². The Hall–Kier alpha value is -3.43. The van der Waals surface area contributed by atoms with Crippen molar-refractivity contribution in [1.82, 2.24) is 24.2 Å². The van der Waals surface area contributed by atoms with E-state index in [1.54, 1.807) is 12.1 Å². The average molecular weight is 535 g/mol. The lowest BCUT2D eigenvalue weighted by Crippen LogP contribution is -2.45. The number of anilines is 1. The predicted molar refractivity (Wildman–Crippen MR) is 146 cm³/mol. The van der Waals surface area contributed by atoms with E-state index >= 15 is 0 Å². The molecule has 1 atom stereocenters. The monoisotopic (exact) mass is 534 g/mol. The largest absolute Gasteiger partial charge is 0.416 e. The van der Waals surface area contributed by atoms with E-state index in [9.17, 15) is 13.2 Å². The van der Waals surface area contributed by atoms with Crippen LogP contribution in [-0.2, 0) is 25.7 Å². The number of benzene rings is 1. The van der Waals surface area contributed by atoms with Crippen molar-refractivity contribution in [2.75, 3.05) is 38.1 Å². The van der Waals surface area contributed by atoms with Gasteiger partial charge in [-0.2, -0.15) is 13.2 Å². The van der Waals surface area contributed by atoms with E-state index in [0.29, 0.717) is 13.1 Å². The summed E-state index contributed by atoms with van der Waals surface area (Å²) in [5, 5.41) is 0. The summed E-state index contributed by atoms with van der Waals surface area (Å²) in [6.07, 6.45) is 2.60. The molecule has 9 heteroatoms. The highest BCUT2D eigenvalue weighted by Gasteiger charge is 2.31. The fourth-order valence-electron chi connectivity index (χ4n) is 5.87. The summed E-state index contributed by atoms with van der Waals surface area (Å²) < 4.78 is 41.7. The number of alkyl halides is 3. The minimum atomic E-state index is -4.34. The summed E-state index contributed by atoms with van der Waals surface area (Å²) in [6.45, 7) is 5.06. The minimum absolute atomic E-state index is 0.0687. The van der Waals surface area contributed by atoms with Crippen molar-refractivity contribution in [3.63, 3.8) is 0 Å². The molecule has 1 saturated heterocycles. The summed E-state index contributed by atoms with van der Waals surface area (Å²) in [6, 6.07) is 15.9. The van der Waals surface area contributed by atoms with Crippen molar-refractivity contribution in [3.8, 4) is 0 Å². The molecule has 3 aromatic heterocycles. The van der Waals surface area contributed by atoms with Gasteiger partial charge in [-0.15, -0.1) is 0 Å². The van der Waals surface area contributed by atoms with Gasteiger partial charge in [0.25, 0.3) is 0 Å². The standard InChI is InChI=1S/C30H33F3N6/c1-36-15-17-37(18-16-36)28-9-3-8-27-35-25(21-39(27)28)20-38(19-22-10-12-24(13-11-22)30(31,32)33)26-7-2-5-23-6-4-14-34-29(23)26/h3-4,6,8-14,21,26H,2,5,7,15-20H2,1H3/t26-/m0/s1. The van der Waals surface area contributed by atoms with E-state index in [1.807, 2.05) is 18.3 Å². The van der Waals surface area contributed by atoms with Crippen molar-refractivity contribution in [1.29, 1.82) is 0 Å². The average Bonchev–Trinajstić information content (AvgIpc) is 3.35. The van der Waals surface area contributed by atoms with Crippen LogP contribution >= 0.6 is 0 Å². The molecule has 0 N–H and O–H groups in total. The van der Waals surface area contributed by atoms with Crippen LogP contribution in [0.2, 0.25) is 0 Å². The van der Waals surface area contributed by atoms with Gasteiger partial charge in [0, 0.05) is 51.7 Å². The number of nitrogens with zero attached hydrogens (tertiary/aromatic N) is 6. The van der Waals surface area contributed by atoms with Crippen LogP contribution in [0.25, 0.3) is 5.65 Å². The van der Waals surface area contributed by atoms with E-state index in [-0.39, 0.29) is 6.04 Å². The number of aryl methyl sites for hydroxylation is 1. The lowest BCUT2D eigenvalue weighted by Gasteiger charge is -2.35. The second kappa shape index (κ2) is 10.6. The Bertz CT molecular complexity index is 1420. The third-order valence-corrected chi connectivity index (χ3v) is 7.99. The third kappa shape index (κ3) is 5.51. The maximum atomic E-state index is 13.2. The highest BCUT2D eigenvalue weighted by atomic mass is 19.4. The van der Waals surface area contributed by atoms with Gasteiger partial charge in [0.15, 0.2) is 0 Å². The first kappa shape index (κ1) is 25.8. The SMILES string of the molecule is CN1CCN(c2cccc3nc(CN(Cc4ccc(C(F)(F)F)cc4)[C@H]4CCCc5cccnc54)cn23)CC1. The van der Waals surface area contributed by atoms with Crippen molar-refractivity contribution in [3.05, 3.63) is 95.1 Å². The zero-order valence-electron chi connectivity index (χ0n) is 22.1. The first-order valence-electron chi connectivity index (χ1n) is 13.6. The lowest BCUT2D eigenvalue weighted by molar-refractivity contribution is -0.137. The van der Waals surface area contributed by atoms with Crippen LogP contribution in [-0.4, -0.2) is 57.4 Å².